The monoisotopic (exact) mass is 276 g/mol. The van der Waals surface area contributed by atoms with Crippen LogP contribution >= 0.6 is 0 Å². The van der Waals surface area contributed by atoms with Crippen LogP contribution in [0.15, 0.2) is 29.4 Å². The number of nitrogens with one attached hydrogen (secondary N) is 1. The van der Waals surface area contributed by atoms with Gasteiger partial charge in [-0.3, -0.25) is 4.79 Å². The lowest BCUT2D eigenvalue weighted by molar-refractivity contribution is 0.0244. The highest BCUT2D eigenvalue weighted by molar-refractivity contribution is 5.94. The van der Waals surface area contributed by atoms with E-state index in [1.807, 2.05) is 0 Å². The first kappa shape index (κ1) is 14.3. The zero-order chi connectivity index (χ0) is 14.5. The van der Waals surface area contributed by atoms with E-state index < -0.39 is 12.2 Å². The molecule has 2 rings (SSSR count). The fourth-order valence-electron chi connectivity index (χ4n) is 1.77. The van der Waals surface area contributed by atoms with Crippen molar-refractivity contribution < 1.29 is 15.0 Å². The molecule has 1 fully saturated rings. The highest BCUT2D eigenvalue weighted by atomic mass is 16.3. The van der Waals surface area contributed by atoms with Crippen molar-refractivity contribution in [3.63, 3.8) is 0 Å². The number of aliphatic hydroxyl groups is 2. The summed E-state index contributed by atoms with van der Waals surface area (Å²) in [5.74, 6) is -0.136. The molecule has 7 nitrogen and oxygen atoms in total. The number of aliphatic hydroxyl groups excluding tert-OH is 2. The van der Waals surface area contributed by atoms with Crippen LogP contribution in [0.3, 0.4) is 0 Å². The van der Waals surface area contributed by atoms with Crippen LogP contribution in [0.25, 0.3) is 10.4 Å². The van der Waals surface area contributed by atoms with Gasteiger partial charge in [-0.15, -0.1) is 0 Å². The van der Waals surface area contributed by atoms with Gasteiger partial charge in [-0.25, -0.2) is 0 Å². The third-order valence-electron chi connectivity index (χ3n) is 3.12. The second kappa shape index (κ2) is 6.38. The third kappa shape index (κ3) is 3.71. The molecule has 0 bridgehead atoms. The highest BCUT2D eigenvalue weighted by Crippen LogP contribution is 2.21. The highest BCUT2D eigenvalue weighted by Gasteiger charge is 2.24. The van der Waals surface area contributed by atoms with Gasteiger partial charge in [-0.2, -0.15) is 0 Å². The molecule has 0 heterocycles. The minimum atomic E-state index is -1.17. The SMILES string of the molecule is [N-]=[N+]=NCC(O)C(O)c1ccc(C(=O)NC2CC2)cc1. The number of carbonyl (C=O) groups is 1. The number of hydrogen-bond donors (Lipinski definition) is 3. The molecule has 106 valence electrons. The quantitative estimate of drug-likeness (QED) is 0.412. The first-order chi connectivity index (χ1) is 9.61. The number of benzene rings is 1. The van der Waals surface area contributed by atoms with Gasteiger partial charge in [-0.1, -0.05) is 17.2 Å². The molecule has 1 amide bonds. The third-order valence-corrected chi connectivity index (χ3v) is 3.12. The van der Waals surface area contributed by atoms with Crippen molar-refractivity contribution >= 4 is 5.91 Å². The lowest BCUT2D eigenvalue weighted by Crippen LogP contribution is -2.25. The Bertz CT molecular complexity index is 521. The molecule has 0 radical (unpaired) electrons. The molecular weight excluding hydrogens is 260 g/mol. The molecule has 20 heavy (non-hydrogen) atoms. The van der Waals surface area contributed by atoms with Gasteiger partial charge in [0.25, 0.3) is 5.91 Å². The van der Waals surface area contributed by atoms with Gasteiger partial charge in [0.1, 0.15) is 6.10 Å². The average molecular weight is 276 g/mol. The fourth-order valence-corrected chi connectivity index (χ4v) is 1.77. The normalized spacial score (nSPS) is 16.9. The molecule has 0 spiro atoms. The summed E-state index contributed by atoms with van der Waals surface area (Å²) in [4.78, 5) is 14.3. The maximum atomic E-state index is 11.8. The van der Waals surface area contributed by atoms with Gasteiger partial charge in [0.15, 0.2) is 0 Å². The maximum absolute atomic E-state index is 11.8. The molecule has 0 aliphatic heterocycles. The number of azide groups is 1. The molecule has 1 aromatic carbocycles. The van der Waals surface area contributed by atoms with Gasteiger partial charge in [-0.05, 0) is 36.1 Å². The van der Waals surface area contributed by atoms with Gasteiger partial charge in [0.05, 0.1) is 12.6 Å². The van der Waals surface area contributed by atoms with E-state index in [0.29, 0.717) is 17.2 Å². The summed E-state index contributed by atoms with van der Waals surface area (Å²) in [6.07, 6.45) is -0.277. The summed E-state index contributed by atoms with van der Waals surface area (Å²) in [7, 11) is 0. The van der Waals surface area contributed by atoms with Crippen LogP contribution in [0.2, 0.25) is 0 Å². The van der Waals surface area contributed by atoms with Crippen LogP contribution in [0, 0.1) is 0 Å². The lowest BCUT2D eigenvalue weighted by Gasteiger charge is -2.16. The molecule has 3 N–H and O–H groups in total. The molecular formula is C13H16N4O3. The Morgan fingerprint density at radius 3 is 2.60 bits per heavy atom. The van der Waals surface area contributed by atoms with Crippen LogP contribution in [-0.4, -0.2) is 34.8 Å². The van der Waals surface area contributed by atoms with Crippen molar-refractivity contribution in [1.82, 2.24) is 5.32 Å². The number of nitrogens with zero attached hydrogens (tertiary/aromatic N) is 3. The van der Waals surface area contributed by atoms with E-state index in [1.165, 1.54) is 0 Å². The van der Waals surface area contributed by atoms with Crippen LogP contribution < -0.4 is 5.32 Å². The molecule has 1 aromatic rings. The molecule has 0 saturated heterocycles. The summed E-state index contributed by atoms with van der Waals surface area (Å²) < 4.78 is 0. The Morgan fingerprint density at radius 2 is 2.05 bits per heavy atom. The van der Waals surface area contributed by atoms with E-state index >= 15 is 0 Å². The Labute approximate surface area is 115 Å². The molecule has 2 unspecified atom stereocenters. The molecule has 1 saturated carbocycles. The van der Waals surface area contributed by atoms with Gasteiger partial charge >= 0.3 is 0 Å². The Morgan fingerprint density at radius 1 is 1.40 bits per heavy atom. The van der Waals surface area contributed by atoms with E-state index in [4.69, 9.17) is 5.53 Å². The van der Waals surface area contributed by atoms with Crippen molar-refractivity contribution in [2.45, 2.75) is 31.1 Å². The van der Waals surface area contributed by atoms with E-state index in [1.54, 1.807) is 24.3 Å². The van der Waals surface area contributed by atoms with Crippen molar-refractivity contribution in [3.05, 3.63) is 45.8 Å². The largest absolute Gasteiger partial charge is 0.390 e. The number of carbonyl (C=O) groups excluding carboxylic acids is 1. The Kier molecular flexibility index (Phi) is 4.57. The molecule has 1 aliphatic carbocycles. The smallest absolute Gasteiger partial charge is 0.251 e. The minimum absolute atomic E-state index is 0.136. The van der Waals surface area contributed by atoms with Crippen LogP contribution in [0.4, 0.5) is 0 Å². The average Bonchev–Trinajstić information content (AvgIpc) is 3.28. The first-order valence-corrected chi connectivity index (χ1v) is 6.39. The van der Waals surface area contributed by atoms with Crippen molar-refractivity contribution in [3.8, 4) is 0 Å². The predicted octanol–water partition coefficient (Wildman–Crippen LogP) is 1.28. The fraction of sp³-hybridized carbons (Fsp3) is 0.462. The zero-order valence-electron chi connectivity index (χ0n) is 10.8. The minimum Gasteiger partial charge on any atom is -0.390 e. The summed E-state index contributed by atoms with van der Waals surface area (Å²) in [6.45, 7) is -0.207. The maximum Gasteiger partial charge on any atom is 0.251 e. The summed E-state index contributed by atoms with van der Waals surface area (Å²) in [6, 6.07) is 6.63. The second-order valence-electron chi connectivity index (χ2n) is 4.80. The van der Waals surface area contributed by atoms with E-state index in [2.05, 4.69) is 15.3 Å². The molecule has 7 heteroatoms. The van der Waals surface area contributed by atoms with Crippen molar-refractivity contribution in [2.24, 2.45) is 5.11 Å². The summed E-state index contributed by atoms with van der Waals surface area (Å²) >= 11 is 0. The first-order valence-electron chi connectivity index (χ1n) is 6.39. The standard InChI is InChI=1S/C13H16N4O3/c14-17-15-7-11(18)12(19)8-1-3-9(4-2-8)13(20)16-10-5-6-10/h1-4,10-12,18-19H,5-7H2,(H,16,20). The van der Waals surface area contributed by atoms with Gasteiger partial charge < -0.3 is 15.5 Å². The van der Waals surface area contributed by atoms with Gasteiger partial charge in [0, 0.05) is 16.5 Å². The van der Waals surface area contributed by atoms with Gasteiger partial charge in [0.2, 0.25) is 0 Å². The van der Waals surface area contributed by atoms with Crippen LogP contribution in [0.5, 0.6) is 0 Å². The Hall–Kier alpha value is -2.08. The molecule has 1 aliphatic rings. The van der Waals surface area contributed by atoms with E-state index in [-0.39, 0.29) is 12.5 Å². The number of amides is 1. The molecule has 0 aromatic heterocycles. The topological polar surface area (TPSA) is 118 Å². The van der Waals surface area contributed by atoms with E-state index in [0.717, 1.165) is 12.8 Å². The van der Waals surface area contributed by atoms with Crippen molar-refractivity contribution in [1.29, 1.82) is 0 Å². The predicted molar refractivity (Wildman–Crippen MR) is 71.9 cm³/mol. The van der Waals surface area contributed by atoms with E-state index in [9.17, 15) is 15.0 Å². The van der Waals surface area contributed by atoms with Crippen LogP contribution in [-0.2, 0) is 0 Å². The summed E-state index contributed by atoms with van der Waals surface area (Å²) in [5, 5.41) is 25.6. The molecule has 2 atom stereocenters. The second-order valence-corrected chi connectivity index (χ2v) is 4.80. The lowest BCUT2D eigenvalue weighted by atomic mass is 10.0. The number of rotatable bonds is 6. The number of hydrogen-bond acceptors (Lipinski definition) is 4. The Balaban J connectivity index is 1.99. The van der Waals surface area contributed by atoms with Crippen LogP contribution in [0.1, 0.15) is 34.9 Å². The summed E-state index contributed by atoms with van der Waals surface area (Å²) in [5.41, 5.74) is 9.14. The van der Waals surface area contributed by atoms with Crippen molar-refractivity contribution in [2.75, 3.05) is 6.54 Å². The zero-order valence-corrected chi connectivity index (χ0v) is 10.8.